The second kappa shape index (κ2) is 10.5. The molecule has 0 bridgehead atoms. The minimum absolute atomic E-state index is 0. The molecule has 3 aromatic rings. The summed E-state index contributed by atoms with van der Waals surface area (Å²) in [5.74, 6) is 0.791. The minimum atomic E-state index is -0.313. The third-order valence-corrected chi connectivity index (χ3v) is 4.54. The van der Waals surface area contributed by atoms with Crippen molar-refractivity contribution in [2.24, 2.45) is 5.73 Å². The van der Waals surface area contributed by atoms with Crippen molar-refractivity contribution >= 4 is 41.8 Å². The Hall–Kier alpha value is -2.08. The number of benzene rings is 2. The van der Waals surface area contributed by atoms with Crippen LogP contribution >= 0.6 is 24.8 Å². The zero-order chi connectivity index (χ0) is 18.7. The first-order valence-corrected chi connectivity index (χ1v) is 9.04. The molecule has 7 heteroatoms. The van der Waals surface area contributed by atoms with Gasteiger partial charge in [-0.05, 0) is 38.5 Å². The van der Waals surface area contributed by atoms with Crippen LogP contribution in [0, 0.1) is 0 Å². The standard InChI is InChI=1S/C21H26N4O.2ClH/c1-14(2)25-19-12-8-7-11-18(19)24-21(25)15(3)23-20(26)13-17(22)16-9-5-4-6-10-16;;/h4-12,14-15,17H,13,22H2,1-3H3,(H,23,26);2*1H. The fraction of sp³-hybridized carbons (Fsp3) is 0.333. The summed E-state index contributed by atoms with van der Waals surface area (Å²) in [6.07, 6.45) is 0.246. The molecular weight excluding hydrogens is 395 g/mol. The molecule has 0 saturated carbocycles. The summed E-state index contributed by atoms with van der Waals surface area (Å²) >= 11 is 0. The van der Waals surface area contributed by atoms with Crippen molar-refractivity contribution in [1.82, 2.24) is 14.9 Å². The third kappa shape index (κ3) is 5.25. The zero-order valence-corrected chi connectivity index (χ0v) is 18.0. The van der Waals surface area contributed by atoms with Gasteiger partial charge in [0.1, 0.15) is 5.82 Å². The zero-order valence-electron chi connectivity index (χ0n) is 16.3. The molecule has 0 radical (unpaired) electrons. The van der Waals surface area contributed by atoms with Crippen molar-refractivity contribution in [2.45, 2.75) is 45.3 Å². The van der Waals surface area contributed by atoms with Gasteiger partial charge in [0.25, 0.3) is 0 Å². The molecule has 2 aromatic carbocycles. The van der Waals surface area contributed by atoms with E-state index in [0.29, 0.717) is 0 Å². The molecule has 152 valence electrons. The Bertz CT molecular complexity index is 896. The first kappa shape index (κ1) is 24.0. The monoisotopic (exact) mass is 422 g/mol. The van der Waals surface area contributed by atoms with Crippen LogP contribution in [0.2, 0.25) is 0 Å². The SMILES string of the molecule is CC(NC(=O)CC(N)c1ccccc1)c1nc2ccccc2n1C(C)C.Cl.Cl. The molecular formula is C21H28Cl2N4O. The van der Waals surface area contributed by atoms with Gasteiger partial charge >= 0.3 is 0 Å². The van der Waals surface area contributed by atoms with Crippen LogP contribution in [0.5, 0.6) is 0 Å². The first-order valence-electron chi connectivity index (χ1n) is 9.04. The van der Waals surface area contributed by atoms with Crippen LogP contribution in [0.15, 0.2) is 54.6 Å². The fourth-order valence-corrected chi connectivity index (χ4v) is 3.29. The van der Waals surface area contributed by atoms with Crippen LogP contribution in [-0.2, 0) is 4.79 Å². The van der Waals surface area contributed by atoms with Gasteiger partial charge in [-0.15, -0.1) is 24.8 Å². The Morgan fingerprint density at radius 2 is 1.64 bits per heavy atom. The number of carbonyl (C=O) groups is 1. The largest absolute Gasteiger partial charge is 0.346 e. The molecule has 0 fully saturated rings. The number of nitrogens with one attached hydrogen (secondary N) is 1. The highest BCUT2D eigenvalue weighted by Crippen LogP contribution is 2.25. The summed E-state index contributed by atoms with van der Waals surface area (Å²) in [4.78, 5) is 17.2. The summed E-state index contributed by atoms with van der Waals surface area (Å²) in [6, 6.07) is 17.5. The number of amides is 1. The van der Waals surface area contributed by atoms with Crippen molar-refractivity contribution in [1.29, 1.82) is 0 Å². The van der Waals surface area contributed by atoms with E-state index in [1.807, 2.05) is 55.5 Å². The highest BCUT2D eigenvalue weighted by molar-refractivity contribution is 5.85. The van der Waals surface area contributed by atoms with Gasteiger partial charge in [-0.2, -0.15) is 0 Å². The average Bonchev–Trinajstić information content (AvgIpc) is 3.02. The molecule has 2 atom stereocenters. The summed E-state index contributed by atoms with van der Waals surface area (Å²) in [6.45, 7) is 6.21. The predicted octanol–water partition coefficient (Wildman–Crippen LogP) is 4.73. The van der Waals surface area contributed by atoms with E-state index in [1.54, 1.807) is 0 Å². The molecule has 1 heterocycles. The van der Waals surface area contributed by atoms with Gasteiger partial charge in [0.2, 0.25) is 5.91 Å². The Morgan fingerprint density at radius 1 is 1.04 bits per heavy atom. The van der Waals surface area contributed by atoms with E-state index in [0.717, 1.165) is 22.4 Å². The molecule has 1 amide bonds. The molecule has 2 unspecified atom stereocenters. The first-order chi connectivity index (χ1) is 12.5. The molecule has 0 saturated heterocycles. The lowest BCUT2D eigenvalue weighted by atomic mass is 10.0. The van der Waals surface area contributed by atoms with E-state index in [-0.39, 0.29) is 55.3 Å². The maximum Gasteiger partial charge on any atom is 0.222 e. The number of aromatic nitrogens is 2. The summed E-state index contributed by atoms with van der Waals surface area (Å²) in [5.41, 5.74) is 9.16. The van der Waals surface area contributed by atoms with Crippen LogP contribution in [0.3, 0.4) is 0 Å². The fourth-order valence-electron chi connectivity index (χ4n) is 3.29. The molecule has 1 aromatic heterocycles. The van der Waals surface area contributed by atoms with Crippen molar-refractivity contribution < 1.29 is 4.79 Å². The molecule has 0 spiro atoms. The summed E-state index contributed by atoms with van der Waals surface area (Å²) in [7, 11) is 0. The number of para-hydroxylation sites is 2. The van der Waals surface area contributed by atoms with Crippen molar-refractivity contribution in [3.63, 3.8) is 0 Å². The van der Waals surface area contributed by atoms with Crippen LogP contribution in [0.25, 0.3) is 11.0 Å². The van der Waals surface area contributed by atoms with Gasteiger partial charge in [0, 0.05) is 18.5 Å². The predicted molar refractivity (Wildman–Crippen MR) is 119 cm³/mol. The Kier molecular flexibility index (Phi) is 8.95. The van der Waals surface area contributed by atoms with E-state index in [9.17, 15) is 4.79 Å². The second-order valence-electron chi connectivity index (χ2n) is 6.93. The van der Waals surface area contributed by atoms with E-state index in [4.69, 9.17) is 10.7 Å². The quantitative estimate of drug-likeness (QED) is 0.602. The van der Waals surface area contributed by atoms with Crippen LogP contribution in [0.4, 0.5) is 0 Å². The van der Waals surface area contributed by atoms with Crippen LogP contribution < -0.4 is 11.1 Å². The summed E-state index contributed by atoms with van der Waals surface area (Å²) in [5, 5.41) is 3.05. The van der Waals surface area contributed by atoms with Crippen LogP contribution in [0.1, 0.15) is 56.7 Å². The van der Waals surface area contributed by atoms with Gasteiger partial charge in [0.15, 0.2) is 0 Å². The number of imidazole rings is 1. The molecule has 5 nitrogen and oxygen atoms in total. The number of rotatable bonds is 6. The van der Waals surface area contributed by atoms with E-state index < -0.39 is 0 Å². The third-order valence-electron chi connectivity index (χ3n) is 4.54. The normalized spacial score (nSPS) is 12.8. The number of nitrogens with two attached hydrogens (primary N) is 1. The molecule has 3 rings (SSSR count). The minimum Gasteiger partial charge on any atom is -0.346 e. The van der Waals surface area contributed by atoms with Crippen LogP contribution in [-0.4, -0.2) is 15.5 Å². The van der Waals surface area contributed by atoms with Gasteiger partial charge in [0.05, 0.1) is 17.1 Å². The van der Waals surface area contributed by atoms with Crippen molar-refractivity contribution in [3.8, 4) is 0 Å². The smallest absolute Gasteiger partial charge is 0.222 e. The highest BCUT2D eigenvalue weighted by atomic mass is 35.5. The van der Waals surface area contributed by atoms with E-state index >= 15 is 0 Å². The topological polar surface area (TPSA) is 72.9 Å². The lowest BCUT2D eigenvalue weighted by Gasteiger charge is -2.20. The number of fused-ring (bicyclic) bond motifs is 1. The van der Waals surface area contributed by atoms with Gasteiger partial charge in [-0.3, -0.25) is 4.79 Å². The molecule has 0 aliphatic carbocycles. The Balaban J connectivity index is 0.00000196. The number of carbonyl (C=O) groups excluding carboxylic acids is 1. The molecule has 0 aliphatic rings. The molecule has 0 aliphatic heterocycles. The lowest BCUT2D eigenvalue weighted by molar-refractivity contribution is -0.122. The molecule has 3 N–H and O–H groups in total. The highest BCUT2D eigenvalue weighted by Gasteiger charge is 2.21. The van der Waals surface area contributed by atoms with E-state index in [2.05, 4.69) is 29.8 Å². The van der Waals surface area contributed by atoms with Gasteiger partial charge in [-0.25, -0.2) is 4.98 Å². The lowest BCUT2D eigenvalue weighted by Crippen LogP contribution is -2.31. The van der Waals surface area contributed by atoms with E-state index in [1.165, 1.54) is 0 Å². The average molecular weight is 423 g/mol. The summed E-state index contributed by atoms with van der Waals surface area (Å²) < 4.78 is 2.18. The second-order valence-corrected chi connectivity index (χ2v) is 6.93. The van der Waals surface area contributed by atoms with Crippen molar-refractivity contribution in [3.05, 3.63) is 66.0 Å². The Labute approximate surface area is 178 Å². The van der Waals surface area contributed by atoms with Crippen molar-refractivity contribution in [2.75, 3.05) is 0 Å². The number of halogens is 2. The van der Waals surface area contributed by atoms with Gasteiger partial charge in [-0.1, -0.05) is 42.5 Å². The van der Waals surface area contributed by atoms with Gasteiger partial charge < -0.3 is 15.6 Å². The maximum absolute atomic E-state index is 12.5. The number of hydrogen-bond acceptors (Lipinski definition) is 3. The Morgan fingerprint density at radius 3 is 2.29 bits per heavy atom. The maximum atomic E-state index is 12.5. The number of nitrogens with zero attached hydrogens (tertiary/aromatic N) is 2. The molecule has 28 heavy (non-hydrogen) atoms. The number of hydrogen-bond donors (Lipinski definition) is 2.